The number of likely N-dealkylation sites (tertiary alicyclic amines) is 1. The average Bonchev–Trinajstić information content (AvgIpc) is 2.67. The predicted octanol–water partition coefficient (Wildman–Crippen LogP) is 3.14. The lowest BCUT2D eigenvalue weighted by atomic mass is 10.1. The third-order valence-corrected chi connectivity index (χ3v) is 4.22. The molecule has 5 heteroatoms. The van der Waals surface area contributed by atoms with Crippen LogP contribution in [0.25, 0.3) is 0 Å². The number of ether oxygens (including phenoxy) is 1. The van der Waals surface area contributed by atoms with Crippen LogP contribution in [0.4, 0.5) is 4.79 Å². The fourth-order valence-electron chi connectivity index (χ4n) is 3.04. The van der Waals surface area contributed by atoms with E-state index in [-0.39, 0.29) is 6.09 Å². The highest BCUT2D eigenvalue weighted by Gasteiger charge is 2.20. The van der Waals surface area contributed by atoms with E-state index in [1.54, 1.807) is 0 Å². The first-order valence-electron chi connectivity index (χ1n) is 9.29. The van der Waals surface area contributed by atoms with Crippen molar-refractivity contribution >= 4 is 6.09 Å². The zero-order valence-electron chi connectivity index (χ0n) is 15.8. The van der Waals surface area contributed by atoms with Crippen molar-refractivity contribution in [3.8, 4) is 0 Å². The molecule has 1 aliphatic rings. The molecule has 136 valence electrons. The summed E-state index contributed by atoms with van der Waals surface area (Å²) < 4.78 is 5.30. The lowest BCUT2D eigenvalue weighted by molar-refractivity contribution is 0.0521. The highest BCUT2D eigenvalue weighted by atomic mass is 16.6. The largest absolute Gasteiger partial charge is 0.444 e. The van der Waals surface area contributed by atoms with Crippen LogP contribution in [0.1, 0.15) is 66.7 Å². The van der Waals surface area contributed by atoms with Crippen molar-refractivity contribution in [2.45, 2.75) is 84.4 Å². The summed E-state index contributed by atoms with van der Waals surface area (Å²) in [7, 11) is 0. The molecular weight excluding hydrogens is 290 g/mol. The van der Waals surface area contributed by atoms with Crippen molar-refractivity contribution in [3.05, 3.63) is 0 Å². The number of carbonyl (C=O) groups is 1. The summed E-state index contributed by atoms with van der Waals surface area (Å²) in [5.74, 6) is 0. The summed E-state index contributed by atoms with van der Waals surface area (Å²) in [6, 6.07) is 0.868. The van der Waals surface area contributed by atoms with Crippen LogP contribution in [-0.4, -0.2) is 54.9 Å². The van der Waals surface area contributed by atoms with E-state index >= 15 is 0 Å². The minimum absolute atomic E-state index is 0.310. The molecule has 1 heterocycles. The van der Waals surface area contributed by atoms with E-state index in [0.717, 1.165) is 6.42 Å². The molecule has 0 saturated carbocycles. The van der Waals surface area contributed by atoms with Gasteiger partial charge in [-0.3, -0.25) is 0 Å². The van der Waals surface area contributed by atoms with Gasteiger partial charge in [-0.1, -0.05) is 13.8 Å². The second-order valence-electron chi connectivity index (χ2n) is 7.62. The Balaban J connectivity index is 2.33. The minimum Gasteiger partial charge on any atom is -0.444 e. The zero-order valence-corrected chi connectivity index (χ0v) is 15.8. The maximum Gasteiger partial charge on any atom is 0.407 e. The van der Waals surface area contributed by atoms with Gasteiger partial charge in [0.25, 0.3) is 0 Å². The lowest BCUT2D eigenvalue weighted by Gasteiger charge is -2.26. The van der Waals surface area contributed by atoms with Gasteiger partial charge in [-0.2, -0.15) is 0 Å². The van der Waals surface area contributed by atoms with Crippen LogP contribution in [0, 0.1) is 0 Å². The molecule has 1 amide bonds. The van der Waals surface area contributed by atoms with Crippen LogP contribution in [0.3, 0.4) is 0 Å². The number of hydrogen-bond donors (Lipinski definition) is 2. The first kappa shape index (κ1) is 20.2. The van der Waals surface area contributed by atoms with E-state index in [1.165, 1.54) is 45.3 Å². The SMILES string of the molecule is CCCN1CCCC(NC(CC)CNC(=O)OC(C)(C)C)CC1. The third kappa shape index (κ3) is 9.16. The molecule has 0 aliphatic carbocycles. The average molecular weight is 328 g/mol. The number of rotatable bonds is 7. The van der Waals surface area contributed by atoms with Gasteiger partial charge < -0.3 is 20.3 Å². The van der Waals surface area contributed by atoms with Crippen LogP contribution >= 0.6 is 0 Å². The Morgan fingerprint density at radius 3 is 2.61 bits per heavy atom. The summed E-state index contributed by atoms with van der Waals surface area (Å²) >= 11 is 0. The highest BCUT2D eigenvalue weighted by Crippen LogP contribution is 2.13. The Morgan fingerprint density at radius 2 is 2.00 bits per heavy atom. The van der Waals surface area contributed by atoms with E-state index in [2.05, 4.69) is 29.4 Å². The van der Waals surface area contributed by atoms with E-state index in [4.69, 9.17) is 4.74 Å². The maximum absolute atomic E-state index is 11.8. The van der Waals surface area contributed by atoms with E-state index < -0.39 is 5.60 Å². The first-order chi connectivity index (χ1) is 10.8. The Kier molecular flexibility index (Phi) is 8.92. The van der Waals surface area contributed by atoms with Gasteiger partial charge in [0, 0.05) is 18.6 Å². The van der Waals surface area contributed by atoms with Crippen molar-refractivity contribution in [1.82, 2.24) is 15.5 Å². The fourth-order valence-corrected chi connectivity index (χ4v) is 3.04. The molecule has 1 fully saturated rings. The van der Waals surface area contributed by atoms with Crippen LogP contribution in [0.2, 0.25) is 0 Å². The molecule has 0 radical (unpaired) electrons. The highest BCUT2D eigenvalue weighted by molar-refractivity contribution is 5.67. The number of amides is 1. The summed E-state index contributed by atoms with van der Waals surface area (Å²) in [6.45, 7) is 14.3. The topological polar surface area (TPSA) is 53.6 Å². The predicted molar refractivity (Wildman–Crippen MR) is 95.8 cm³/mol. The number of nitrogens with one attached hydrogen (secondary N) is 2. The molecule has 0 spiro atoms. The second-order valence-corrected chi connectivity index (χ2v) is 7.62. The summed E-state index contributed by atoms with van der Waals surface area (Å²) in [4.78, 5) is 14.3. The van der Waals surface area contributed by atoms with Crippen molar-refractivity contribution in [1.29, 1.82) is 0 Å². The second kappa shape index (κ2) is 10.1. The summed E-state index contributed by atoms with van der Waals surface area (Å²) in [5.41, 5.74) is -0.441. The minimum atomic E-state index is -0.441. The van der Waals surface area contributed by atoms with Crippen LogP contribution in [0.15, 0.2) is 0 Å². The molecule has 0 aromatic carbocycles. The van der Waals surface area contributed by atoms with Gasteiger partial charge in [-0.25, -0.2) is 4.79 Å². The van der Waals surface area contributed by atoms with Gasteiger partial charge in [-0.05, 0) is 72.5 Å². The molecule has 2 unspecified atom stereocenters. The molecule has 0 bridgehead atoms. The number of hydrogen-bond acceptors (Lipinski definition) is 4. The molecule has 1 rings (SSSR count). The van der Waals surface area contributed by atoms with E-state index in [1.807, 2.05) is 20.8 Å². The van der Waals surface area contributed by atoms with Gasteiger partial charge >= 0.3 is 6.09 Å². The van der Waals surface area contributed by atoms with E-state index in [9.17, 15) is 4.79 Å². The first-order valence-corrected chi connectivity index (χ1v) is 9.29. The molecular formula is C18H37N3O2. The molecule has 5 nitrogen and oxygen atoms in total. The van der Waals surface area contributed by atoms with Crippen molar-refractivity contribution in [2.75, 3.05) is 26.2 Å². The maximum atomic E-state index is 11.8. The summed E-state index contributed by atoms with van der Waals surface area (Å²) in [5, 5.41) is 6.62. The monoisotopic (exact) mass is 327 g/mol. The molecule has 2 N–H and O–H groups in total. The van der Waals surface area contributed by atoms with Gasteiger partial charge in [-0.15, -0.1) is 0 Å². The van der Waals surface area contributed by atoms with Crippen LogP contribution in [0.5, 0.6) is 0 Å². The third-order valence-electron chi connectivity index (χ3n) is 4.22. The zero-order chi connectivity index (χ0) is 17.3. The Hall–Kier alpha value is -0.810. The van der Waals surface area contributed by atoms with Crippen molar-refractivity contribution in [3.63, 3.8) is 0 Å². The van der Waals surface area contributed by atoms with Crippen LogP contribution in [-0.2, 0) is 4.74 Å². The van der Waals surface area contributed by atoms with Gasteiger partial charge in [0.05, 0.1) is 0 Å². The van der Waals surface area contributed by atoms with Crippen molar-refractivity contribution < 1.29 is 9.53 Å². The van der Waals surface area contributed by atoms with Gasteiger partial charge in [0.2, 0.25) is 0 Å². The fraction of sp³-hybridized carbons (Fsp3) is 0.944. The lowest BCUT2D eigenvalue weighted by Crippen LogP contribution is -2.46. The number of nitrogens with zero attached hydrogens (tertiary/aromatic N) is 1. The smallest absolute Gasteiger partial charge is 0.407 e. The molecule has 1 aliphatic heterocycles. The standard InChI is InChI=1S/C18H37N3O2/c1-6-11-21-12-8-9-16(10-13-21)20-15(7-2)14-19-17(22)23-18(3,4)5/h15-16,20H,6-14H2,1-5H3,(H,19,22). The van der Waals surface area contributed by atoms with Crippen molar-refractivity contribution in [2.24, 2.45) is 0 Å². The Morgan fingerprint density at radius 1 is 1.26 bits per heavy atom. The summed E-state index contributed by atoms with van der Waals surface area (Å²) in [6.07, 6.45) is 5.59. The number of carbonyl (C=O) groups excluding carboxylic acids is 1. The van der Waals surface area contributed by atoms with Crippen LogP contribution < -0.4 is 10.6 Å². The molecule has 2 atom stereocenters. The molecule has 23 heavy (non-hydrogen) atoms. The van der Waals surface area contributed by atoms with E-state index in [0.29, 0.717) is 18.6 Å². The quantitative estimate of drug-likeness (QED) is 0.754. The van der Waals surface area contributed by atoms with Gasteiger partial charge in [0.15, 0.2) is 0 Å². The van der Waals surface area contributed by atoms with Gasteiger partial charge in [0.1, 0.15) is 5.60 Å². The Bertz CT molecular complexity index is 342. The normalized spacial score (nSPS) is 21.5. The number of alkyl carbamates (subject to hydrolysis) is 1. The molecule has 1 saturated heterocycles. The molecule has 0 aromatic heterocycles. The Labute approximate surface area is 142 Å². The molecule has 0 aromatic rings.